The largest absolute Gasteiger partial charge is 0.454 e. The number of hydrogen-bond donors (Lipinski definition) is 2. The number of nitrogens with two attached hydrogens (primary N) is 1. The molecule has 7 nitrogen and oxygen atoms in total. The summed E-state index contributed by atoms with van der Waals surface area (Å²) in [6.07, 6.45) is 0. The van der Waals surface area contributed by atoms with Crippen LogP contribution in [0.4, 0.5) is 11.4 Å². The number of primary amides is 1. The second kappa shape index (κ2) is 6.02. The molecule has 0 atom stereocenters. The minimum Gasteiger partial charge on any atom is -0.454 e. The number of carbonyl (C=O) groups excluding carboxylic acids is 1. The van der Waals surface area contributed by atoms with E-state index in [0.717, 1.165) is 0 Å². The number of rotatable bonds is 5. The molecular formula is C12H9Cl2N3O4. The van der Waals surface area contributed by atoms with Crippen LogP contribution in [0.15, 0.2) is 28.7 Å². The predicted octanol–water partition coefficient (Wildman–Crippen LogP) is 3.21. The molecule has 0 radical (unpaired) electrons. The molecule has 0 bridgehead atoms. The smallest absolute Gasteiger partial charge is 0.284 e. The summed E-state index contributed by atoms with van der Waals surface area (Å²) in [7, 11) is 0. The van der Waals surface area contributed by atoms with Crippen LogP contribution in [-0.2, 0) is 6.54 Å². The van der Waals surface area contributed by atoms with Crippen molar-refractivity contribution in [2.45, 2.75) is 6.54 Å². The molecule has 9 heteroatoms. The monoisotopic (exact) mass is 329 g/mol. The molecule has 0 spiro atoms. The Morgan fingerprint density at radius 1 is 1.33 bits per heavy atom. The van der Waals surface area contributed by atoms with E-state index in [4.69, 9.17) is 33.4 Å². The van der Waals surface area contributed by atoms with Gasteiger partial charge in [-0.25, -0.2) is 0 Å². The predicted molar refractivity (Wildman–Crippen MR) is 77.7 cm³/mol. The number of nitro groups is 1. The zero-order valence-corrected chi connectivity index (χ0v) is 11.9. The van der Waals surface area contributed by atoms with Gasteiger partial charge in [0.05, 0.1) is 27.2 Å². The fourth-order valence-electron chi connectivity index (χ4n) is 1.61. The highest BCUT2D eigenvalue weighted by Gasteiger charge is 2.15. The number of anilines is 1. The minimum atomic E-state index is -0.673. The number of furan rings is 1. The van der Waals surface area contributed by atoms with Gasteiger partial charge in [0.1, 0.15) is 5.76 Å². The minimum absolute atomic E-state index is 0.0349. The fourth-order valence-corrected chi connectivity index (χ4v) is 2.22. The van der Waals surface area contributed by atoms with E-state index < -0.39 is 10.8 Å². The number of benzene rings is 1. The van der Waals surface area contributed by atoms with E-state index in [2.05, 4.69) is 5.32 Å². The Kier molecular flexibility index (Phi) is 4.35. The molecule has 1 heterocycles. The Bertz CT molecular complexity index is 691. The lowest BCUT2D eigenvalue weighted by Crippen LogP contribution is -2.09. The molecule has 1 aromatic heterocycles. The van der Waals surface area contributed by atoms with Gasteiger partial charge < -0.3 is 15.5 Å². The summed E-state index contributed by atoms with van der Waals surface area (Å²) in [5.41, 5.74) is 5.20. The standard InChI is InChI=1S/C12H9Cl2N3O4/c13-8-3-6(17(19)20)4-9(14)11(8)16-5-7-1-2-10(21-7)12(15)18/h1-4,16H,5H2,(H2,15,18). The second-order valence-electron chi connectivity index (χ2n) is 4.03. The fraction of sp³-hybridized carbons (Fsp3) is 0.0833. The van der Waals surface area contributed by atoms with Gasteiger partial charge in [-0.2, -0.15) is 0 Å². The summed E-state index contributed by atoms with van der Waals surface area (Å²) in [5.74, 6) is -0.199. The molecule has 2 rings (SSSR count). The number of amides is 1. The molecule has 110 valence electrons. The summed E-state index contributed by atoms with van der Waals surface area (Å²) in [5, 5.41) is 13.8. The van der Waals surface area contributed by atoms with Crippen LogP contribution in [0.3, 0.4) is 0 Å². The molecule has 0 fully saturated rings. The zero-order chi connectivity index (χ0) is 15.6. The summed E-state index contributed by atoms with van der Waals surface area (Å²) < 4.78 is 5.18. The van der Waals surface area contributed by atoms with Crippen LogP contribution < -0.4 is 11.1 Å². The third-order valence-corrected chi connectivity index (χ3v) is 3.18. The maximum Gasteiger partial charge on any atom is 0.284 e. The van der Waals surface area contributed by atoms with Crippen molar-refractivity contribution in [3.63, 3.8) is 0 Å². The quantitative estimate of drug-likeness (QED) is 0.646. The third kappa shape index (κ3) is 3.45. The van der Waals surface area contributed by atoms with Gasteiger partial charge in [-0.05, 0) is 12.1 Å². The van der Waals surface area contributed by atoms with Gasteiger partial charge in [-0.15, -0.1) is 0 Å². The normalized spacial score (nSPS) is 10.4. The highest BCUT2D eigenvalue weighted by molar-refractivity contribution is 6.39. The number of nitrogens with zero attached hydrogens (tertiary/aromatic N) is 1. The Balaban J connectivity index is 2.16. The molecule has 21 heavy (non-hydrogen) atoms. The Morgan fingerprint density at radius 3 is 2.43 bits per heavy atom. The van der Waals surface area contributed by atoms with Crippen LogP contribution in [0.1, 0.15) is 16.3 Å². The summed E-state index contributed by atoms with van der Waals surface area (Å²) in [6, 6.07) is 5.39. The van der Waals surface area contributed by atoms with Gasteiger partial charge in [-0.1, -0.05) is 23.2 Å². The van der Waals surface area contributed by atoms with Crippen molar-refractivity contribution in [1.29, 1.82) is 0 Å². The molecule has 0 aliphatic rings. The summed E-state index contributed by atoms with van der Waals surface area (Å²) in [6.45, 7) is 0.185. The average Bonchev–Trinajstić information content (AvgIpc) is 2.86. The lowest BCUT2D eigenvalue weighted by molar-refractivity contribution is -0.384. The van der Waals surface area contributed by atoms with E-state index in [1.54, 1.807) is 6.07 Å². The maximum atomic E-state index is 10.9. The molecule has 2 aromatic rings. The van der Waals surface area contributed by atoms with E-state index in [-0.39, 0.29) is 28.0 Å². The number of nitrogens with one attached hydrogen (secondary N) is 1. The Hall–Kier alpha value is -2.25. The number of non-ortho nitro benzene ring substituents is 1. The SMILES string of the molecule is NC(=O)c1ccc(CNc2c(Cl)cc([N+](=O)[O-])cc2Cl)o1. The first-order valence-corrected chi connectivity index (χ1v) is 6.40. The first-order valence-electron chi connectivity index (χ1n) is 5.64. The van der Waals surface area contributed by atoms with Crippen molar-refractivity contribution in [3.8, 4) is 0 Å². The lowest BCUT2D eigenvalue weighted by atomic mass is 10.2. The van der Waals surface area contributed by atoms with Crippen molar-refractivity contribution in [1.82, 2.24) is 0 Å². The Morgan fingerprint density at radius 2 is 1.95 bits per heavy atom. The molecule has 0 unspecified atom stereocenters. The molecule has 0 saturated carbocycles. The van der Waals surface area contributed by atoms with Crippen LogP contribution in [-0.4, -0.2) is 10.8 Å². The van der Waals surface area contributed by atoms with Gasteiger partial charge in [0.2, 0.25) is 0 Å². The van der Waals surface area contributed by atoms with Crippen molar-refractivity contribution in [2.24, 2.45) is 5.73 Å². The van der Waals surface area contributed by atoms with Gasteiger partial charge in [0.15, 0.2) is 5.76 Å². The average molecular weight is 330 g/mol. The van der Waals surface area contributed by atoms with Crippen molar-refractivity contribution < 1.29 is 14.1 Å². The van der Waals surface area contributed by atoms with E-state index in [9.17, 15) is 14.9 Å². The van der Waals surface area contributed by atoms with E-state index in [1.807, 2.05) is 0 Å². The number of carbonyl (C=O) groups is 1. The van der Waals surface area contributed by atoms with Crippen LogP contribution in [0.25, 0.3) is 0 Å². The first-order chi connectivity index (χ1) is 9.88. The van der Waals surface area contributed by atoms with Gasteiger partial charge in [0, 0.05) is 12.1 Å². The highest BCUT2D eigenvalue weighted by Crippen LogP contribution is 2.34. The molecule has 1 aromatic carbocycles. The molecule has 1 amide bonds. The second-order valence-corrected chi connectivity index (χ2v) is 4.84. The van der Waals surface area contributed by atoms with Gasteiger partial charge in [0.25, 0.3) is 11.6 Å². The molecular weight excluding hydrogens is 321 g/mol. The van der Waals surface area contributed by atoms with E-state index >= 15 is 0 Å². The maximum absolute atomic E-state index is 10.9. The number of nitro benzene ring substituents is 1. The van der Waals surface area contributed by atoms with Gasteiger partial charge >= 0.3 is 0 Å². The van der Waals surface area contributed by atoms with E-state index in [0.29, 0.717) is 11.4 Å². The van der Waals surface area contributed by atoms with E-state index in [1.165, 1.54) is 18.2 Å². The highest BCUT2D eigenvalue weighted by atomic mass is 35.5. The van der Waals surface area contributed by atoms with Crippen LogP contribution in [0.5, 0.6) is 0 Å². The summed E-state index contributed by atoms with van der Waals surface area (Å²) in [4.78, 5) is 21.0. The summed E-state index contributed by atoms with van der Waals surface area (Å²) >= 11 is 11.9. The Labute approximate surface area is 128 Å². The zero-order valence-electron chi connectivity index (χ0n) is 10.4. The van der Waals surface area contributed by atoms with Crippen molar-refractivity contribution >= 4 is 40.5 Å². The lowest BCUT2D eigenvalue weighted by Gasteiger charge is -2.09. The number of hydrogen-bond acceptors (Lipinski definition) is 5. The van der Waals surface area contributed by atoms with Crippen molar-refractivity contribution in [2.75, 3.05) is 5.32 Å². The van der Waals surface area contributed by atoms with Crippen molar-refractivity contribution in [3.05, 3.63) is 55.9 Å². The van der Waals surface area contributed by atoms with Crippen LogP contribution in [0, 0.1) is 10.1 Å². The van der Waals surface area contributed by atoms with Crippen LogP contribution >= 0.6 is 23.2 Å². The molecule has 3 N–H and O–H groups in total. The third-order valence-electron chi connectivity index (χ3n) is 2.58. The van der Waals surface area contributed by atoms with Gasteiger partial charge in [-0.3, -0.25) is 14.9 Å². The topological polar surface area (TPSA) is 111 Å². The van der Waals surface area contributed by atoms with Crippen LogP contribution in [0.2, 0.25) is 10.0 Å². The molecule has 0 aliphatic heterocycles. The first kappa shape index (κ1) is 15.1. The number of halogens is 2. The molecule has 0 saturated heterocycles. The molecule has 0 aliphatic carbocycles.